The van der Waals surface area contributed by atoms with E-state index in [-0.39, 0.29) is 30.7 Å². The number of hydrogen-bond acceptors (Lipinski definition) is 4. The number of anilines is 1. The Kier molecular flexibility index (Phi) is 10.2. The molecular weight excluding hydrogens is 337 g/mol. The minimum atomic E-state index is 0. The molecule has 1 aliphatic rings. The Morgan fingerprint density at radius 3 is 2.48 bits per heavy atom. The van der Waals surface area contributed by atoms with Crippen LogP contribution in [-0.2, 0) is 16.0 Å². The van der Waals surface area contributed by atoms with Crippen LogP contribution in [0.25, 0.3) is 0 Å². The SMILES string of the molecule is COCCN1CCN(C(=O)Cc2ccc(N)cc2)CC1C.Cl.Cl. The van der Waals surface area contributed by atoms with Crippen LogP contribution in [0.4, 0.5) is 5.69 Å². The molecule has 7 heteroatoms. The van der Waals surface area contributed by atoms with Crippen molar-refractivity contribution < 1.29 is 9.53 Å². The number of hydrogen-bond donors (Lipinski definition) is 1. The van der Waals surface area contributed by atoms with Crippen LogP contribution >= 0.6 is 24.8 Å². The van der Waals surface area contributed by atoms with Crippen molar-refractivity contribution in [3.63, 3.8) is 0 Å². The molecule has 0 aliphatic carbocycles. The molecule has 23 heavy (non-hydrogen) atoms. The molecule has 132 valence electrons. The number of carbonyl (C=O) groups is 1. The highest BCUT2D eigenvalue weighted by atomic mass is 35.5. The van der Waals surface area contributed by atoms with Crippen LogP contribution in [0.3, 0.4) is 0 Å². The molecule has 1 aromatic rings. The van der Waals surface area contributed by atoms with Gasteiger partial charge in [-0.25, -0.2) is 0 Å². The number of ether oxygens (including phenoxy) is 1. The van der Waals surface area contributed by atoms with Gasteiger partial charge in [-0.05, 0) is 24.6 Å². The summed E-state index contributed by atoms with van der Waals surface area (Å²) in [5, 5.41) is 0. The Bertz CT molecular complexity index is 471. The van der Waals surface area contributed by atoms with Crippen molar-refractivity contribution in [3.8, 4) is 0 Å². The minimum Gasteiger partial charge on any atom is -0.399 e. The van der Waals surface area contributed by atoms with Crippen LogP contribution in [-0.4, -0.2) is 61.6 Å². The average molecular weight is 364 g/mol. The summed E-state index contributed by atoms with van der Waals surface area (Å²) in [4.78, 5) is 16.7. The fourth-order valence-corrected chi connectivity index (χ4v) is 2.68. The molecule has 5 nitrogen and oxygen atoms in total. The van der Waals surface area contributed by atoms with Crippen molar-refractivity contribution in [1.29, 1.82) is 0 Å². The van der Waals surface area contributed by atoms with Crippen LogP contribution in [0, 0.1) is 0 Å². The Morgan fingerprint density at radius 2 is 1.91 bits per heavy atom. The van der Waals surface area contributed by atoms with Gasteiger partial charge in [0.25, 0.3) is 0 Å². The first-order valence-corrected chi connectivity index (χ1v) is 7.45. The molecule has 0 spiro atoms. The van der Waals surface area contributed by atoms with Gasteiger partial charge in [-0.2, -0.15) is 0 Å². The second-order valence-corrected chi connectivity index (χ2v) is 5.64. The molecule has 1 aromatic carbocycles. The first kappa shape index (κ1) is 22.0. The lowest BCUT2D eigenvalue weighted by Crippen LogP contribution is -2.54. The largest absolute Gasteiger partial charge is 0.399 e. The van der Waals surface area contributed by atoms with E-state index in [2.05, 4.69) is 11.8 Å². The number of methoxy groups -OCH3 is 1. The Balaban J connectivity index is 0.00000242. The Labute approximate surface area is 151 Å². The molecule has 1 heterocycles. The number of rotatable bonds is 5. The summed E-state index contributed by atoms with van der Waals surface area (Å²) in [5.41, 5.74) is 7.41. The zero-order valence-electron chi connectivity index (χ0n) is 13.7. The number of nitrogen functional groups attached to an aromatic ring is 1. The number of nitrogens with two attached hydrogens (primary N) is 1. The molecule has 1 aliphatic heterocycles. The smallest absolute Gasteiger partial charge is 0.227 e. The maximum atomic E-state index is 12.4. The van der Waals surface area contributed by atoms with E-state index in [1.807, 2.05) is 29.2 Å². The fourth-order valence-electron chi connectivity index (χ4n) is 2.68. The lowest BCUT2D eigenvalue weighted by molar-refractivity contribution is -0.133. The number of nitrogens with zero attached hydrogens (tertiary/aromatic N) is 2. The zero-order valence-corrected chi connectivity index (χ0v) is 15.4. The van der Waals surface area contributed by atoms with Crippen LogP contribution < -0.4 is 5.73 Å². The van der Waals surface area contributed by atoms with Crippen LogP contribution in [0.1, 0.15) is 12.5 Å². The molecule has 1 fully saturated rings. The lowest BCUT2D eigenvalue weighted by atomic mass is 10.1. The molecular formula is C16H27Cl2N3O2. The first-order valence-electron chi connectivity index (χ1n) is 7.45. The second-order valence-electron chi connectivity index (χ2n) is 5.64. The minimum absolute atomic E-state index is 0. The summed E-state index contributed by atoms with van der Waals surface area (Å²) >= 11 is 0. The molecule has 1 amide bonds. The third-order valence-corrected chi connectivity index (χ3v) is 4.04. The Morgan fingerprint density at radius 1 is 1.26 bits per heavy atom. The van der Waals surface area contributed by atoms with Crippen LogP contribution in [0.15, 0.2) is 24.3 Å². The normalized spacial score (nSPS) is 18.0. The van der Waals surface area contributed by atoms with Crippen molar-refractivity contribution in [2.45, 2.75) is 19.4 Å². The van der Waals surface area contributed by atoms with E-state index in [4.69, 9.17) is 10.5 Å². The van der Waals surface area contributed by atoms with E-state index in [0.717, 1.165) is 44.0 Å². The average Bonchev–Trinajstić information content (AvgIpc) is 2.48. The van der Waals surface area contributed by atoms with E-state index < -0.39 is 0 Å². The highest BCUT2D eigenvalue weighted by molar-refractivity contribution is 5.85. The summed E-state index contributed by atoms with van der Waals surface area (Å²) in [6.07, 6.45) is 0.449. The molecule has 0 saturated carbocycles. The standard InChI is InChI=1S/C16H25N3O2.2ClH/c1-13-12-19(8-7-18(13)9-10-21-2)16(20)11-14-3-5-15(17)6-4-14;;/h3-6,13H,7-12,17H2,1-2H3;2*1H. The van der Waals surface area contributed by atoms with E-state index in [0.29, 0.717) is 12.5 Å². The molecule has 0 bridgehead atoms. The third kappa shape index (κ3) is 6.55. The van der Waals surface area contributed by atoms with Gasteiger partial charge in [0.05, 0.1) is 13.0 Å². The van der Waals surface area contributed by atoms with Gasteiger partial charge in [0.1, 0.15) is 0 Å². The monoisotopic (exact) mass is 363 g/mol. The molecule has 1 unspecified atom stereocenters. The van der Waals surface area contributed by atoms with Gasteiger partial charge < -0.3 is 15.4 Å². The molecule has 2 N–H and O–H groups in total. The summed E-state index contributed by atoms with van der Waals surface area (Å²) in [7, 11) is 1.72. The van der Waals surface area contributed by atoms with Gasteiger partial charge in [-0.3, -0.25) is 9.69 Å². The van der Waals surface area contributed by atoms with Gasteiger partial charge in [0.2, 0.25) is 5.91 Å². The van der Waals surface area contributed by atoms with Crippen molar-refractivity contribution in [3.05, 3.63) is 29.8 Å². The van der Waals surface area contributed by atoms with Gasteiger partial charge in [-0.1, -0.05) is 12.1 Å². The summed E-state index contributed by atoms with van der Waals surface area (Å²) in [6, 6.07) is 7.91. The first-order chi connectivity index (χ1) is 10.1. The molecule has 0 aromatic heterocycles. The van der Waals surface area contributed by atoms with E-state index >= 15 is 0 Å². The van der Waals surface area contributed by atoms with E-state index in [9.17, 15) is 4.79 Å². The van der Waals surface area contributed by atoms with Gasteiger partial charge in [-0.15, -0.1) is 24.8 Å². The predicted molar refractivity (Wildman–Crippen MR) is 98.5 cm³/mol. The van der Waals surface area contributed by atoms with Gasteiger partial charge >= 0.3 is 0 Å². The second kappa shape index (κ2) is 10.7. The zero-order chi connectivity index (χ0) is 15.2. The van der Waals surface area contributed by atoms with Crippen molar-refractivity contribution >= 4 is 36.4 Å². The summed E-state index contributed by atoms with van der Waals surface area (Å²) in [6.45, 7) is 6.33. The summed E-state index contributed by atoms with van der Waals surface area (Å²) in [5.74, 6) is 0.193. The fraction of sp³-hybridized carbons (Fsp3) is 0.562. The van der Waals surface area contributed by atoms with Gasteiger partial charge in [0, 0.05) is 45.0 Å². The summed E-state index contributed by atoms with van der Waals surface area (Å²) < 4.78 is 5.12. The van der Waals surface area contributed by atoms with Crippen LogP contribution in [0.5, 0.6) is 0 Å². The number of carbonyl (C=O) groups excluding carboxylic acids is 1. The quantitative estimate of drug-likeness (QED) is 0.810. The molecule has 2 rings (SSSR count). The number of amides is 1. The Hall–Kier alpha value is -1.01. The number of piperazine rings is 1. The number of halogens is 2. The predicted octanol–water partition coefficient (Wildman–Crippen LogP) is 1.83. The van der Waals surface area contributed by atoms with Crippen molar-refractivity contribution in [2.75, 3.05) is 45.6 Å². The topological polar surface area (TPSA) is 58.8 Å². The van der Waals surface area contributed by atoms with Crippen LogP contribution in [0.2, 0.25) is 0 Å². The number of benzene rings is 1. The highest BCUT2D eigenvalue weighted by Gasteiger charge is 2.26. The third-order valence-electron chi connectivity index (χ3n) is 4.04. The van der Waals surface area contributed by atoms with E-state index in [1.165, 1.54) is 0 Å². The van der Waals surface area contributed by atoms with Crippen molar-refractivity contribution in [1.82, 2.24) is 9.80 Å². The maximum absolute atomic E-state index is 12.4. The molecule has 1 saturated heterocycles. The van der Waals surface area contributed by atoms with E-state index in [1.54, 1.807) is 7.11 Å². The molecule has 1 atom stereocenters. The highest BCUT2D eigenvalue weighted by Crippen LogP contribution is 2.12. The lowest BCUT2D eigenvalue weighted by Gasteiger charge is -2.39. The van der Waals surface area contributed by atoms with Crippen molar-refractivity contribution in [2.24, 2.45) is 0 Å². The van der Waals surface area contributed by atoms with Gasteiger partial charge in [0.15, 0.2) is 0 Å². The maximum Gasteiger partial charge on any atom is 0.227 e. The molecule has 0 radical (unpaired) electrons.